The van der Waals surface area contributed by atoms with Crippen molar-refractivity contribution in [1.29, 1.82) is 0 Å². The van der Waals surface area contributed by atoms with Crippen LogP contribution in [0.15, 0.2) is 47.8 Å². The number of hydrogen-bond acceptors (Lipinski definition) is 5. The molecule has 0 bridgehead atoms. The number of rotatable bonds is 6. The van der Waals surface area contributed by atoms with Gasteiger partial charge in [0.15, 0.2) is 0 Å². The maximum Gasteiger partial charge on any atom is 0.412 e. The van der Waals surface area contributed by atoms with Gasteiger partial charge in [-0.1, -0.05) is 50.3 Å². The molecule has 0 radical (unpaired) electrons. The zero-order valence-corrected chi connectivity index (χ0v) is 17.2. The smallest absolute Gasteiger partial charge is 0.412 e. The van der Waals surface area contributed by atoms with Gasteiger partial charge in [-0.3, -0.25) is 10.1 Å². The van der Waals surface area contributed by atoms with Gasteiger partial charge in [0.1, 0.15) is 17.0 Å². The van der Waals surface area contributed by atoms with Crippen LogP contribution < -0.4 is 10.6 Å². The molecule has 28 heavy (non-hydrogen) atoms. The monoisotopic (exact) mass is 388 g/mol. The third kappa shape index (κ3) is 8.53. The van der Waals surface area contributed by atoms with Gasteiger partial charge in [0.25, 0.3) is 5.91 Å². The van der Waals surface area contributed by atoms with Crippen LogP contribution in [0.3, 0.4) is 0 Å². The molecule has 0 aliphatic carbocycles. The van der Waals surface area contributed by atoms with Gasteiger partial charge in [0, 0.05) is 0 Å². The summed E-state index contributed by atoms with van der Waals surface area (Å²) in [7, 11) is 1.22. The topological polar surface area (TPSA) is 93.7 Å². The maximum atomic E-state index is 12.7. The van der Waals surface area contributed by atoms with E-state index in [1.54, 1.807) is 51.1 Å². The van der Waals surface area contributed by atoms with Crippen molar-refractivity contribution < 1.29 is 23.9 Å². The van der Waals surface area contributed by atoms with Gasteiger partial charge in [-0.25, -0.2) is 9.59 Å². The fourth-order valence-corrected chi connectivity index (χ4v) is 2.08. The molecule has 0 aromatic heterocycles. The van der Waals surface area contributed by atoms with E-state index < -0.39 is 23.6 Å². The number of carbonyl (C=O) groups excluding carboxylic acids is 3. The van der Waals surface area contributed by atoms with Gasteiger partial charge in [0.2, 0.25) is 0 Å². The Morgan fingerprint density at radius 3 is 2.11 bits per heavy atom. The summed E-state index contributed by atoms with van der Waals surface area (Å²) in [5.41, 5.74) is -0.0856. The Balaban J connectivity index is 3.07. The molecule has 0 saturated heterocycles. The largest absolute Gasteiger partial charge is 0.464 e. The highest BCUT2D eigenvalue weighted by Gasteiger charge is 2.22. The number of amides is 2. The first-order valence-corrected chi connectivity index (χ1v) is 8.90. The highest BCUT2D eigenvalue weighted by Crippen LogP contribution is 2.10. The fourth-order valence-electron chi connectivity index (χ4n) is 2.08. The highest BCUT2D eigenvalue weighted by atomic mass is 16.6. The molecule has 2 N–H and O–H groups in total. The van der Waals surface area contributed by atoms with Crippen molar-refractivity contribution in [2.24, 2.45) is 5.92 Å². The molecule has 1 aromatic rings. The van der Waals surface area contributed by atoms with Crippen molar-refractivity contribution in [3.8, 4) is 0 Å². The Labute approximate surface area is 165 Å². The van der Waals surface area contributed by atoms with Crippen molar-refractivity contribution in [1.82, 2.24) is 10.6 Å². The third-order valence-corrected chi connectivity index (χ3v) is 3.14. The van der Waals surface area contributed by atoms with Gasteiger partial charge >= 0.3 is 12.1 Å². The minimum atomic E-state index is -0.763. The minimum Gasteiger partial charge on any atom is -0.464 e. The van der Waals surface area contributed by atoms with E-state index in [1.165, 1.54) is 13.2 Å². The summed E-state index contributed by atoms with van der Waals surface area (Å²) >= 11 is 0. The molecule has 7 nitrogen and oxygen atoms in total. The first-order chi connectivity index (χ1) is 13.0. The second-order valence-electron chi connectivity index (χ2n) is 7.37. The van der Waals surface area contributed by atoms with E-state index in [0.29, 0.717) is 5.56 Å². The molecule has 0 aliphatic rings. The quantitative estimate of drug-likeness (QED) is 0.576. The van der Waals surface area contributed by atoms with E-state index in [4.69, 9.17) is 9.47 Å². The van der Waals surface area contributed by atoms with Crippen molar-refractivity contribution in [3.05, 3.63) is 53.4 Å². The molecule has 2 amide bonds. The summed E-state index contributed by atoms with van der Waals surface area (Å²) in [6.07, 6.45) is 2.29. The van der Waals surface area contributed by atoms with Crippen LogP contribution in [-0.2, 0) is 19.1 Å². The molecule has 7 heteroatoms. The predicted molar refractivity (Wildman–Crippen MR) is 107 cm³/mol. The summed E-state index contributed by atoms with van der Waals surface area (Å²) in [5.74, 6) is -1.40. The van der Waals surface area contributed by atoms with E-state index in [-0.39, 0.29) is 17.3 Å². The summed E-state index contributed by atoms with van der Waals surface area (Å²) < 4.78 is 9.93. The molecule has 1 rings (SSSR count). The van der Waals surface area contributed by atoms with Crippen LogP contribution >= 0.6 is 0 Å². The van der Waals surface area contributed by atoms with Crippen LogP contribution in [-0.4, -0.2) is 30.7 Å². The maximum absolute atomic E-state index is 12.7. The van der Waals surface area contributed by atoms with E-state index in [9.17, 15) is 14.4 Å². The average Bonchev–Trinajstić information content (AvgIpc) is 2.58. The molecule has 0 atom stereocenters. The number of alkyl carbamates (subject to hydrolysis) is 1. The van der Waals surface area contributed by atoms with Crippen LogP contribution in [0.25, 0.3) is 6.08 Å². The van der Waals surface area contributed by atoms with Crippen LogP contribution in [0.4, 0.5) is 4.79 Å². The lowest BCUT2D eigenvalue weighted by molar-refractivity contribution is -0.137. The predicted octanol–water partition coefficient (Wildman–Crippen LogP) is 3.38. The Bertz CT molecular complexity index is 759. The molecule has 152 valence electrons. The minimum absolute atomic E-state index is 0.0212. The number of carbonyl (C=O) groups is 3. The molecular weight excluding hydrogens is 360 g/mol. The van der Waals surface area contributed by atoms with Crippen LogP contribution in [0, 0.1) is 5.92 Å². The lowest BCUT2D eigenvalue weighted by Gasteiger charge is -2.20. The van der Waals surface area contributed by atoms with E-state index in [2.05, 4.69) is 10.6 Å². The summed E-state index contributed by atoms with van der Waals surface area (Å²) in [4.78, 5) is 36.8. The number of nitrogens with one attached hydrogen (secondary N) is 2. The lowest BCUT2D eigenvalue weighted by atomic mass is 10.1. The van der Waals surface area contributed by atoms with Crippen LogP contribution in [0.2, 0.25) is 0 Å². The second kappa shape index (κ2) is 10.3. The van der Waals surface area contributed by atoms with Crippen molar-refractivity contribution in [2.75, 3.05) is 7.11 Å². The molecule has 0 unspecified atom stereocenters. The number of hydrogen-bond donors (Lipinski definition) is 2. The molecule has 0 spiro atoms. The lowest BCUT2D eigenvalue weighted by Crippen LogP contribution is -2.39. The molecule has 0 aliphatic heterocycles. The Morgan fingerprint density at radius 2 is 1.61 bits per heavy atom. The summed E-state index contributed by atoms with van der Waals surface area (Å²) in [6, 6.07) is 8.99. The zero-order valence-electron chi connectivity index (χ0n) is 17.2. The Hall–Kier alpha value is -3.09. The van der Waals surface area contributed by atoms with E-state index in [0.717, 1.165) is 0 Å². The normalized spacial score (nSPS) is 12.4. The van der Waals surface area contributed by atoms with Gasteiger partial charge in [-0.15, -0.1) is 0 Å². The Kier molecular flexibility index (Phi) is 8.44. The molecule has 0 fully saturated rings. The molecule has 0 heterocycles. The van der Waals surface area contributed by atoms with Crippen LogP contribution in [0.1, 0.15) is 40.2 Å². The first-order valence-electron chi connectivity index (χ1n) is 8.90. The average molecular weight is 388 g/mol. The number of esters is 1. The fraction of sp³-hybridized carbons (Fsp3) is 0.381. The summed E-state index contributed by atoms with van der Waals surface area (Å²) in [6.45, 7) is 8.86. The molecule has 0 saturated carbocycles. The number of allylic oxidation sites excluding steroid dienone is 1. The molecular formula is C21H28N2O5. The number of ether oxygens (including phenoxy) is 2. The SMILES string of the molecule is COC(=O)/C(=C/c1ccccc1)NC(=O)/C(=C/C(C)C)NC(=O)OC(C)(C)C. The Morgan fingerprint density at radius 1 is 1.00 bits per heavy atom. The first kappa shape index (κ1) is 23.0. The van der Waals surface area contributed by atoms with Gasteiger partial charge in [-0.05, 0) is 38.3 Å². The standard InChI is InChI=1S/C21H28N2O5/c1-14(2)12-16(23-20(26)28-21(3,4)5)18(24)22-17(19(25)27-6)13-15-10-8-7-9-11-15/h7-14H,1-6H3,(H,22,24)(H,23,26)/b16-12-,17-13-. The zero-order chi connectivity index (χ0) is 21.3. The van der Waals surface area contributed by atoms with Crippen molar-refractivity contribution in [2.45, 2.75) is 40.2 Å². The van der Waals surface area contributed by atoms with Crippen LogP contribution in [0.5, 0.6) is 0 Å². The van der Waals surface area contributed by atoms with E-state index in [1.807, 2.05) is 19.9 Å². The van der Waals surface area contributed by atoms with Crippen molar-refractivity contribution in [3.63, 3.8) is 0 Å². The van der Waals surface area contributed by atoms with Gasteiger partial charge in [-0.2, -0.15) is 0 Å². The number of methoxy groups -OCH3 is 1. The highest BCUT2D eigenvalue weighted by molar-refractivity contribution is 6.04. The summed E-state index contributed by atoms with van der Waals surface area (Å²) in [5, 5.41) is 4.94. The van der Waals surface area contributed by atoms with E-state index >= 15 is 0 Å². The molecule has 1 aromatic carbocycles. The van der Waals surface area contributed by atoms with Gasteiger partial charge in [0.05, 0.1) is 7.11 Å². The second-order valence-corrected chi connectivity index (χ2v) is 7.37. The van der Waals surface area contributed by atoms with Gasteiger partial charge < -0.3 is 14.8 Å². The number of benzene rings is 1. The third-order valence-electron chi connectivity index (χ3n) is 3.14. The van der Waals surface area contributed by atoms with Crippen molar-refractivity contribution >= 4 is 24.0 Å².